The number of benzene rings is 2. The molecule has 0 spiro atoms. The van der Waals surface area contributed by atoms with Gasteiger partial charge in [-0.15, -0.1) is 0 Å². The van der Waals surface area contributed by atoms with Gasteiger partial charge in [-0.25, -0.2) is 0 Å². The molecule has 0 aliphatic rings. The Kier molecular flexibility index (Phi) is 7.79. The molecule has 5 heteroatoms. The lowest BCUT2D eigenvalue weighted by atomic mass is 10.1. The van der Waals surface area contributed by atoms with Crippen LogP contribution in [-0.4, -0.2) is 36.3 Å². The molecule has 0 saturated heterocycles. The number of carbonyl (C=O) groups excluding carboxylic acids is 1. The van der Waals surface area contributed by atoms with E-state index >= 15 is 0 Å². The molecule has 0 radical (unpaired) electrons. The van der Waals surface area contributed by atoms with Crippen molar-refractivity contribution in [1.29, 1.82) is 0 Å². The van der Waals surface area contributed by atoms with Crippen molar-refractivity contribution >= 4 is 40.2 Å². The zero-order valence-corrected chi connectivity index (χ0v) is 15.1. The van der Waals surface area contributed by atoms with Crippen molar-refractivity contribution < 1.29 is 4.79 Å². The molecule has 0 fully saturated rings. The summed E-state index contributed by atoms with van der Waals surface area (Å²) in [7, 11) is 0. The van der Waals surface area contributed by atoms with Gasteiger partial charge in [-0.1, -0.05) is 42.5 Å². The molecule has 0 aliphatic carbocycles. The Morgan fingerprint density at radius 1 is 1.17 bits per heavy atom. The van der Waals surface area contributed by atoms with Gasteiger partial charge in [-0.2, -0.15) is 23.5 Å². The number of nitrogens with two attached hydrogens (primary N) is 1. The maximum absolute atomic E-state index is 11.8. The Bertz CT molecular complexity index is 628. The van der Waals surface area contributed by atoms with Crippen molar-refractivity contribution in [3.05, 3.63) is 48.0 Å². The van der Waals surface area contributed by atoms with Gasteiger partial charge in [0.2, 0.25) is 5.91 Å². The number of amides is 1. The number of fused-ring (bicyclic) bond motifs is 1. The molecule has 0 bridgehead atoms. The zero-order valence-electron chi connectivity index (χ0n) is 13.5. The van der Waals surface area contributed by atoms with Gasteiger partial charge >= 0.3 is 0 Å². The lowest BCUT2D eigenvalue weighted by Gasteiger charge is -2.11. The quantitative estimate of drug-likeness (QED) is 0.683. The zero-order chi connectivity index (χ0) is 16.5. The van der Waals surface area contributed by atoms with Crippen molar-refractivity contribution in [2.24, 2.45) is 5.73 Å². The fourth-order valence-electron chi connectivity index (χ4n) is 2.35. The van der Waals surface area contributed by atoms with E-state index in [9.17, 15) is 4.79 Å². The molecule has 0 heterocycles. The van der Waals surface area contributed by atoms with Crippen LogP contribution in [0.4, 0.5) is 0 Å². The highest BCUT2D eigenvalue weighted by atomic mass is 32.2. The normalized spacial score (nSPS) is 12.3. The first-order valence-electron chi connectivity index (χ1n) is 7.79. The highest BCUT2D eigenvalue weighted by molar-refractivity contribution is 7.98. The lowest BCUT2D eigenvalue weighted by molar-refractivity contribution is -0.122. The van der Waals surface area contributed by atoms with Crippen molar-refractivity contribution in [2.75, 3.05) is 24.3 Å². The third-order valence-electron chi connectivity index (χ3n) is 3.65. The standard InChI is InChI=1S/C18H24N2OS2/c1-22-11-9-17(19)18(21)20-10-12-23-13-15-7-4-6-14-5-2-3-8-16(14)15/h2-8,17H,9-13,19H2,1H3,(H,20,21)/t17-/m0/s1. The van der Waals surface area contributed by atoms with E-state index in [0.29, 0.717) is 6.54 Å². The molecule has 0 saturated carbocycles. The molecule has 0 unspecified atom stereocenters. The largest absolute Gasteiger partial charge is 0.354 e. The summed E-state index contributed by atoms with van der Waals surface area (Å²) in [5.41, 5.74) is 7.18. The van der Waals surface area contributed by atoms with E-state index in [0.717, 1.165) is 23.7 Å². The van der Waals surface area contributed by atoms with Crippen LogP contribution in [0.1, 0.15) is 12.0 Å². The summed E-state index contributed by atoms with van der Waals surface area (Å²) in [6.45, 7) is 0.668. The van der Waals surface area contributed by atoms with Crippen LogP contribution in [0.15, 0.2) is 42.5 Å². The molecular formula is C18H24N2OS2. The van der Waals surface area contributed by atoms with Crippen LogP contribution in [0, 0.1) is 0 Å². The second-order valence-corrected chi connectivity index (χ2v) is 7.46. The molecule has 23 heavy (non-hydrogen) atoms. The van der Waals surface area contributed by atoms with Crippen LogP contribution in [0.5, 0.6) is 0 Å². The van der Waals surface area contributed by atoms with Crippen LogP contribution >= 0.6 is 23.5 Å². The fraction of sp³-hybridized carbons (Fsp3) is 0.389. The third kappa shape index (κ3) is 5.75. The second kappa shape index (κ2) is 9.85. The maximum atomic E-state index is 11.8. The van der Waals surface area contributed by atoms with Crippen molar-refractivity contribution in [1.82, 2.24) is 5.32 Å². The first-order chi connectivity index (χ1) is 11.2. The first-order valence-corrected chi connectivity index (χ1v) is 10.3. The van der Waals surface area contributed by atoms with Crippen molar-refractivity contribution in [3.8, 4) is 0 Å². The minimum absolute atomic E-state index is 0.0372. The molecule has 2 aromatic carbocycles. The van der Waals surface area contributed by atoms with Crippen LogP contribution in [0.3, 0.4) is 0 Å². The van der Waals surface area contributed by atoms with Crippen LogP contribution < -0.4 is 11.1 Å². The van der Waals surface area contributed by atoms with Gasteiger partial charge in [-0.3, -0.25) is 4.79 Å². The number of rotatable bonds is 9. The molecule has 0 aromatic heterocycles. The minimum Gasteiger partial charge on any atom is -0.354 e. The van der Waals surface area contributed by atoms with E-state index in [1.807, 2.05) is 18.0 Å². The average molecular weight is 349 g/mol. The van der Waals surface area contributed by atoms with Gasteiger partial charge in [0.25, 0.3) is 0 Å². The summed E-state index contributed by atoms with van der Waals surface area (Å²) < 4.78 is 0. The number of carbonyl (C=O) groups is 1. The Balaban J connectivity index is 1.72. The van der Waals surface area contributed by atoms with Gasteiger partial charge in [0.1, 0.15) is 0 Å². The monoisotopic (exact) mass is 348 g/mol. The van der Waals surface area contributed by atoms with Crippen molar-refractivity contribution in [2.45, 2.75) is 18.2 Å². The van der Waals surface area contributed by atoms with Gasteiger partial charge in [0, 0.05) is 18.1 Å². The van der Waals surface area contributed by atoms with Gasteiger partial charge < -0.3 is 11.1 Å². The molecule has 124 valence electrons. The fourth-order valence-corrected chi connectivity index (χ4v) is 3.71. The number of hydrogen-bond acceptors (Lipinski definition) is 4. The Morgan fingerprint density at radius 2 is 1.96 bits per heavy atom. The predicted molar refractivity (Wildman–Crippen MR) is 104 cm³/mol. The Morgan fingerprint density at radius 3 is 2.78 bits per heavy atom. The molecule has 2 rings (SSSR count). The first kappa shape index (κ1) is 18.2. The van der Waals surface area contributed by atoms with E-state index < -0.39 is 0 Å². The summed E-state index contributed by atoms with van der Waals surface area (Å²) in [6, 6.07) is 14.5. The number of thioether (sulfide) groups is 2. The van der Waals surface area contributed by atoms with Crippen LogP contribution in [-0.2, 0) is 10.5 Å². The lowest BCUT2D eigenvalue weighted by Crippen LogP contribution is -2.41. The van der Waals surface area contributed by atoms with Gasteiger partial charge in [0.15, 0.2) is 0 Å². The summed E-state index contributed by atoms with van der Waals surface area (Å²) in [4.78, 5) is 11.8. The molecule has 3 N–H and O–H groups in total. The summed E-state index contributed by atoms with van der Waals surface area (Å²) in [6.07, 6.45) is 2.75. The maximum Gasteiger partial charge on any atom is 0.236 e. The van der Waals surface area contributed by atoms with E-state index in [2.05, 4.69) is 47.8 Å². The van der Waals surface area contributed by atoms with Crippen LogP contribution in [0.2, 0.25) is 0 Å². The smallest absolute Gasteiger partial charge is 0.236 e. The highest BCUT2D eigenvalue weighted by Gasteiger charge is 2.11. The third-order valence-corrected chi connectivity index (χ3v) is 5.30. The van der Waals surface area contributed by atoms with E-state index in [1.165, 1.54) is 16.3 Å². The minimum atomic E-state index is -0.384. The highest BCUT2D eigenvalue weighted by Crippen LogP contribution is 2.22. The summed E-state index contributed by atoms with van der Waals surface area (Å²) >= 11 is 3.55. The molecule has 0 aliphatic heterocycles. The van der Waals surface area contributed by atoms with Crippen molar-refractivity contribution in [3.63, 3.8) is 0 Å². The Labute approximate surface area is 146 Å². The topological polar surface area (TPSA) is 55.1 Å². The molecule has 3 nitrogen and oxygen atoms in total. The van der Waals surface area contributed by atoms with E-state index in [4.69, 9.17) is 5.73 Å². The molecule has 1 atom stereocenters. The number of hydrogen-bond donors (Lipinski definition) is 2. The van der Waals surface area contributed by atoms with E-state index in [-0.39, 0.29) is 11.9 Å². The Hall–Kier alpha value is -1.17. The van der Waals surface area contributed by atoms with Gasteiger partial charge in [0.05, 0.1) is 6.04 Å². The molecular weight excluding hydrogens is 324 g/mol. The molecule has 1 amide bonds. The average Bonchev–Trinajstić information content (AvgIpc) is 2.59. The summed E-state index contributed by atoms with van der Waals surface area (Å²) in [5.74, 6) is 2.73. The SMILES string of the molecule is CSCC[C@H](N)C(=O)NCCSCc1cccc2ccccc12. The summed E-state index contributed by atoms with van der Waals surface area (Å²) in [5, 5.41) is 5.51. The number of nitrogens with one attached hydrogen (secondary N) is 1. The molecule has 2 aromatic rings. The predicted octanol–water partition coefficient (Wildman–Crippen LogP) is 3.27. The van der Waals surface area contributed by atoms with Crippen LogP contribution in [0.25, 0.3) is 10.8 Å². The van der Waals surface area contributed by atoms with E-state index in [1.54, 1.807) is 11.8 Å². The van der Waals surface area contributed by atoms with Gasteiger partial charge in [-0.05, 0) is 34.8 Å². The second-order valence-electron chi connectivity index (χ2n) is 5.37.